The number of nitrogens with one attached hydrogen (secondary N) is 1. The number of rotatable bonds is 4. The molecule has 1 unspecified atom stereocenters. The van der Waals surface area contributed by atoms with Crippen molar-refractivity contribution in [2.75, 3.05) is 13.2 Å². The molecular weight excluding hydrogens is 246 g/mol. The van der Waals surface area contributed by atoms with Gasteiger partial charge in [0.1, 0.15) is 11.1 Å². The van der Waals surface area contributed by atoms with Crippen LogP contribution in [0.1, 0.15) is 17.3 Å². The Kier molecular flexibility index (Phi) is 3.97. The van der Waals surface area contributed by atoms with Crippen LogP contribution in [0.25, 0.3) is 11.0 Å². The highest BCUT2D eigenvalue weighted by Gasteiger charge is 2.14. The first-order valence-corrected chi connectivity index (χ1v) is 6.03. The molecule has 0 saturated carbocycles. The second kappa shape index (κ2) is 5.67. The molecule has 5 nitrogen and oxygen atoms in total. The van der Waals surface area contributed by atoms with Crippen LogP contribution in [0.4, 0.5) is 0 Å². The van der Waals surface area contributed by atoms with Crippen LogP contribution in [0.2, 0.25) is 0 Å². The van der Waals surface area contributed by atoms with E-state index in [1.165, 1.54) is 6.07 Å². The Hall–Kier alpha value is -2.14. The summed E-state index contributed by atoms with van der Waals surface area (Å²) in [5, 5.41) is 12.2. The van der Waals surface area contributed by atoms with E-state index in [0.717, 1.165) is 0 Å². The third-order valence-electron chi connectivity index (χ3n) is 2.81. The zero-order chi connectivity index (χ0) is 13.8. The fourth-order valence-corrected chi connectivity index (χ4v) is 1.65. The smallest absolute Gasteiger partial charge is 0.349 e. The molecule has 0 aliphatic rings. The van der Waals surface area contributed by atoms with Crippen molar-refractivity contribution >= 4 is 16.9 Å². The Morgan fingerprint density at radius 2 is 2.16 bits per heavy atom. The van der Waals surface area contributed by atoms with Gasteiger partial charge in [0.15, 0.2) is 0 Å². The number of amides is 1. The molecule has 1 atom stereocenters. The number of para-hydroxylation sites is 1. The van der Waals surface area contributed by atoms with Gasteiger partial charge in [-0.1, -0.05) is 25.1 Å². The zero-order valence-corrected chi connectivity index (χ0v) is 10.6. The van der Waals surface area contributed by atoms with Crippen molar-refractivity contribution in [2.24, 2.45) is 5.92 Å². The molecule has 1 heterocycles. The van der Waals surface area contributed by atoms with E-state index in [1.807, 2.05) is 0 Å². The molecule has 0 aliphatic heterocycles. The average Bonchev–Trinajstić information content (AvgIpc) is 2.43. The highest BCUT2D eigenvalue weighted by atomic mass is 16.4. The molecule has 2 N–H and O–H groups in total. The van der Waals surface area contributed by atoms with Crippen molar-refractivity contribution in [1.82, 2.24) is 5.32 Å². The lowest BCUT2D eigenvalue weighted by atomic mass is 10.1. The standard InChI is InChI=1S/C14H15NO4/c1-9(8-16)7-15-13(17)11-6-10-4-2-3-5-12(10)19-14(11)18/h2-6,9,16H,7-8H2,1H3,(H,15,17). The van der Waals surface area contributed by atoms with E-state index in [4.69, 9.17) is 9.52 Å². The van der Waals surface area contributed by atoms with Crippen molar-refractivity contribution in [3.63, 3.8) is 0 Å². The Morgan fingerprint density at radius 1 is 1.42 bits per heavy atom. The lowest BCUT2D eigenvalue weighted by Gasteiger charge is -2.09. The van der Waals surface area contributed by atoms with Gasteiger partial charge in [0.05, 0.1) is 0 Å². The van der Waals surface area contributed by atoms with Crippen molar-refractivity contribution in [3.8, 4) is 0 Å². The Morgan fingerprint density at radius 3 is 2.89 bits per heavy atom. The summed E-state index contributed by atoms with van der Waals surface area (Å²) in [5.74, 6) is -0.545. The van der Waals surface area contributed by atoms with E-state index in [2.05, 4.69) is 5.32 Å². The molecule has 0 saturated heterocycles. The number of benzene rings is 1. The minimum absolute atomic E-state index is 0.0212. The molecule has 0 bridgehead atoms. The minimum atomic E-state index is -0.659. The lowest BCUT2D eigenvalue weighted by Crippen LogP contribution is -2.32. The van der Waals surface area contributed by atoms with Crippen LogP contribution in [-0.2, 0) is 0 Å². The monoisotopic (exact) mass is 261 g/mol. The van der Waals surface area contributed by atoms with Gasteiger partial charge in [-0.05, 0) is 18.1 Å². The number of hydrogen-bond acceptors (Lipinski definition) is 4. The number of aliphatic hydroxyl groups excluding tert-OH is 1. The van der Waals surface area contributed by atoms with E-state index in [9.17, 15) is 9.59 Å². The molecule has 1 aromatic carbocycles. The molecule has 0 fully saturated rings. The van der Waals surface area contributed by atoms with Crippen molar-refractivity contribution in [1.29, 1.82) is 0 Å². The normalized spacial score (nSPS) is 12.3. The number of carbonyl (C=O) groups is 1. The molecule has 1 aromatic heterocycles. The second-order valence-electron chi connectivity index (χ2n) is 4.48. The fraction of sp³-hybridized carbons (Fsp3) is 0.286. The predicted molar refractivity (Wildman–Crippen MR) is 71.1 cm³/mol. The van der Waals surface area contributed by atoms with Crippen LogP contribution in [0, 0.1) is 5.92 Å². The topological polar surface area (TPSA) is 79.5 Å². The highest BCUT2D eigenvalue weighted by Crippen LogP contribution is 2.12. The molecule has 5 heteroatoms. The van der Waals surface area contributed by atoms with E-state index in [0.29, 0.717) is 17.5 Å². The summed E-state index contributed by atoms with van der Waals surface area (Å²) in [6, 6.07) is 8.52. The van der Waals surface area contributed by atoms with Crippen LogP contribution in [0.5, 0.6) is 0 Å². The van der Waals surface area contributed by atoms with Gasteiger partial charge < -0.3 is 14.8 Å². The Labute approximate surface area is 109 Å². The van der Waals surface area contributed by atoms with Gasteiger partial charge in [-0.3, -0.25) is 4.79 Å². The fourth-order valence-electron chi connectivity index (χ4n) is 1.65. The van der Waals surface area contributed by atoms with Gasteiger partial charge in [0.2, 0.25) is 0 Å². The number of aliphatic hydroxyl groups is 1. The van der Waals surface area contributed by atoms with E-state index in [-0.39, 0.29) is 18.1 Å². The average molecular weight is 261 g/mol. The minimum Gasteiger partial charge on any atom is -0.422 e. The zero-order valence-electron chi connectivity index (χ0n) is 10.6. The number of hydrogen-bond donors (Lipinski definition) is 2. The summed E-state index contributed by atoms with van der Waals surface area (Å²) < 4.78 is 5.08. The van der Waals surface area contributed by atoms with Crippen LogP contribution in [0.3, 0.4) is 0 Å². The maximum atomic E-state index is 11.9. The van der Waals surface area contributed by atoms with Crippen molar-refractivity contribution in [2.45, 2.75) is 6.92 Å². The van der Waals surface area contributed by atoms with Crippen LogP contribution in [-0.4, -0.2) is 24.2 Å². The van der Waals surface area contributed by atoms with Gasteiger partial charge >= 0.3 is 5.63 Å². The summed E-state index contributed by atoms with van der Waals surface area (Å²) >= 11 is 0. The lowest BCUT2D eigenvalue weighted by molar-refractivity contribution is 0.0939. The van der Waals surface area contributed by atoms with E-state index in [1.54, 1.807) is 31.2 Å². The molecule has 19 heavy (non-hydrogen) atoms. The summed E-state index contributed by atoms with van der Waals surface area (Å²) in [6.07, 6.45) is 0. The summed E-state index contributed by atoms with van der Waals surface area (Å²) in [4.78, 5) is 23.6. The van der Waals surface area contributed by atoms with Crippen LogP contribution in [0.15, 0.2) is 39.5 Å². The SMILES string of the molecule is CC(CO)CNC(=O)c1cc2ccccc2oc1=O. The third-order valence-corrected chi connectivity index (χ3v) is 2.81. The molecule has 0 aliphatic carbocycles. The molecule has 2 aromatic rings. The molecule has 0 radical (unpaired) electrons. The van der Waals surface area contributed by atoms with E-state index >= 15 is 0 Å². The van der Waals surface area contributed by atoms with Crippen molar-refractivity contribution < 1.29 is 14.3 Å². The molecular formula is C14H15NO4. The van der Waals surface area contributed by atoms with Crippen LogP contribution < -0.4 is 10.9 Å². The Bertz CT molecular complexity index is 647. The summed E-state index contributed by atoms with van der Waals surface area (Å²) in [6.45, 7) is 2.08. The van der Waals surface area contributed by atoms with Gasteiger partial charge in [-0.25, -0.2) is 4.79 Å². The first kappa shape index (κ1) is 13.3. The van der Waals surface area contributed by atoms with E-state index < -0.39 is 11.5 Å². The van der Waals surface area contributed by atoms with Gasteiger partial charge in [-0.2, -0.15) is 0 Å². The highest BCUT2D eigenvalue weighted by molar-refractivity contribution is 5.96. The van der Waals surface area contributed by atoms with Gasteiger partial charge in [0.25, 0.3) is 5.91 Å². The molecule has 100 valence electrons. The second-order valence-corrected chi connectivity index (χ2v) is 4.48. The summed E-state index contributed by atoms with van der Waals surface area (Å²) in [5.41, 5.74) is -0.232. The molecule has 1 amide bonds. The quantitative estimate of drug-likeness (QED) is 0.809. The predicted octanol–water partition coefficient (Wildman–Crippen LogP) is 1.15. The largest absolute Gasteiger partial charge is 0.422 e. The van der Waals surface area contributed by atoms with Crippen LogP contribution >= 0.6 is 0 Å². The number of carbonyl (C=O) groups excluding carboxylic acids is 1. The maximum absolute atomic E-state index is 11.9. The maximum Gasteiger partial charge on any atom is 0.349 e. The molecule has 2 rings (SSSR count). The van der Waals surface area contributed by atoms with Crippen molar-refractivity contribution in [3.05, 3.63) is 46.3 Å². The first-order valence-electron chi connectivity index (χ1n) is 6.03. The summed E-state index contributed by atoms with van der Waals surface area (Å²) in [7, 11) is 0. The van der Waals surface area contributed by atoms with Gasteiger partial charge in [-0.15, -0.1) is 0 Å². The van der Waals surface area contributed by atoms with Gasteiger partial charge in [0, 0.05) is 18.5 Å². The Balaban J connectivity index is 2.27. The third kappa shape index (κ3) is 3.00. The molecule has 0 spiro atoms. The number of fused-ring (bicyclic) bond motifs is 1. The first-order chi connectivity index (χ1) is 9.11.